The van der Waals surface area contributed by atoms with Crippen molar-refractivity contribution in [3.8, 4) is 0 Å². The third-order valence-corrected chi connectivity index (χ3v) is 3.54. The minimum atomic E-state index is 0.374. The molecule has 1 heterocycles. The molecule has 104 valence electrons. The highest BCUT2D eigenvalue weighted by atomic mass is 16.3. The highest BCUT2D eigenvalue weighted by molar-refractivity contribution is 5.23. The van der Waals surface area contributed by atoms with Crippen LogP contribution in [-0.2, 0) is 0 Å². The Morgan fingerprint density at radius 1 is 1.28 bits per heavy atom. The lowest BCUT2D eigenvalue weighted by Gasteiger charge is -2.19. The van der Waals surface area contributed by atoms with E-state index in [9.17, 15) is 0 Å². The monoisotopic (exact) mass is 252 g/mol. The summed E-state index contributed by atoms with van der Waals surface area (Å²) in [5.74, 6) is 2.04. The van der Waals surface area contributed by atoms with Gasteiger partial charge < -0.3 is 14.6 Å². The molecule has 0 aliphatic rings. The Hall–Kier alpha value is -0.800. The molecule has 0 spiro atoms. The molecule has 3 nitrogen and oxygen atoms in total. The highest BCUT2D eigenvalue weighted by Gasteiger charge is 2.11. The molecule has 0 saturated heterocycles. The Morgan fingerprint density at radius 3 is 2.44 bits per heavy atom. The summed E-state index contributed by atoms with van der Waals surface area (Å²) in [6, 6.07) is 2.51. The van der Waals surface area contributed by atoms with E-state index in [-0.39, 0.29) is 0 Å². The third kappa shape index (κ3) is 4.46. The number of rotatable bonds is 8. The smallest absolute Gasteiger partial charge is 0.105 e. The topological polar surface area (TPSA) is 28.4 Å². The largest absolute Gasteiger partial charge is 0.466 e. The maximum atomic E-state index is 5.57. The molecule has 1 aromatic heterocycles. The lowest BCUT2D eigenvalue weighted by atomic mass is 10.1. The second-order valence-electron chi connectivity index (χ2n) is 4.92. The molecule has 0 aromatic carbocycles. The van der Waals surface area contributed by atoms with Crippen LogP contribution in [0.2, 0.25) is 0 Å². The van der Waals surface area contributed by atoms with Crippen molar-refractivity contribution in [2.24, 2.45) is 0 Å². The Balaban J connectivity index is 2.29. The quantitative estimate of drug-likeness (QED) is 0.720. The van der Waals surface area contributed by atoms with Crippen molar-refractivity contribution in [1.82, 2.24) is 10.2 Å². The number of aryl methyl sites for hydroxylation is 2. The van der Waals surface area contributed by atoms with Crippen molar-refractivity contribution in [3.63, 3.8) is 0 Å². The van der Waals surface area contributed by atoms with E-state index in [0.717, 1.165) is 31.2 Å². The molecule has 0 bridgehead atoms. The lowest BCUT2D eigenvalue weighted by molar-refractivity contribution is 0.296. The first-order valence-corrected chi connectivity index (χ1v) is 7.11. The minimum absolute atomic E-state index is 0.374. The maximum Gasteiger partial charge on any atom is 0.105 e. The zero-order valence-corrected chi connectivity index (χ0v) is 12.5. The van der Waals surface area contributed by atoms with Gasteiger partial charge in [-0.05, 0) is 59.4 Å². The van der Waals surface area contributed by atoms with E-state index in [1.807, 2.05) is 13.8 Å². The molecule has 18 heavy (non-hydrogen) atoms. The number of hydrogen-bond donors (Lipinski definition) is 1. The van der Waals surface area contributed by atoms with Gasteiger partial charge in [-0.15, -0.1) is 0 Å². The first-order chi connectivity index (χ1) is 8.58. The molecule has 0 aliphatic carbocycles. The number of nitrogens with one attached hydrogen (secondary N) is 1. The van der Waals surface area contributed by atoms with E-state index >= 15 is 0 Å². The van der Waals surface area contributed by atoms with E-state index in [4.69, 9.17) is 4.42 Å². The van der Waals surface area contributed by atoms with Gasteiger partial charge in [0.15, 0.2) is 0 Å². The Bertz CT molecular complexity index is 342. The average Bonchev–Trinajstić information content (AvgIpc) is 2.68. The van der Waals surface area contributed by atoms with Crippen molar-refractivity contribution in [1.29, 1.82) is 0 Å². The maximum absolute atomic E-state index is 5.57. The van der Waals surface area contributed by atoms with Gasteiger partial charge in [0.25, 0.3) is 0 Å². The Kier molecular flexibility index (Phi) is 6.44. The second kappa shape index (κ2) is 7.59. The number of furan rings is 1. The van der Waals surface area contributed by atoms with Crippen molar-refractivity contribution < 1.29 is 4.42 Å². The van der Waals surface area contributed by atoms with Crippen molar-refractivity contribution in [3.05, 3.63) is 23.2 Å². The summed E-state index contributed by atoms with van der Waals surface area (Å²) in [4.78, 5) is 2.46. The SMILES string of the molecule is CCN(CC)CCCNC(C)c1cc(C)oc1C. The fourth-order valence-electron chi connectivity index (χ4n) is 2.35. The molecule has 0 amide bonds. The summed E-state index contributed by atoms with van der Waals surface area (Å²) in [5.41, 5.74) is 1.29. The van der Waals surface area contributed by atoms with Gasteiger partial charge in [0.2, 0.25) is 0 Å². The summed E-state index contributed by atoms with van der Waals surface area (Å²) >= 11 is 0. The summed E-state index contributed by atoms with van der Waals surface area (Å²) in [5, 5.41) is 3.57. The molecule has 0 aliphatic heterocycles. The van der Waals surface area contributed by atoms with Gasteiger partial charge in [0.05, 0.1) is 0 Å². The fourth-order valence-corrected chi connectivity index (χ4v) is 2.35. The van der Waals surface area contributed by atoms with Crippen LogP contribution >= 0.6 is 0 Å². The average molecular weight is 252 g/mol. The van der Waals surface area contributed by atoms with Crippen LogP contribution in [0.3, 0.4) is 0 Å². The van der Waals surface area contributed by atoms with E-state index in [1.54, 1.807) is 0 Å². The molecule has 1 rings (SSSR count). The first-order valence-electron chi connectivity index (χ1n) is 7.11. The van der Waals surface area contributed by atoms with Crippen LogP contribution in [0.15, 0.2) is 10.5 Å². The first kappa shape index (κ1) is 15.3. The standard InChI is InChI=1S/C15H28N2O/c1-6-17(7-2)10-8-9-16-13(4)15-11-12(3)18-14(15)5/h11,13,16H,6-10H2,1-5H3. The van der Waals surface area contributed by atoms with Crippen LogP contribution < -0.4 is 5.32 Å². The normalized spacial score (nSPS) is 13.2. The molecule has 1 aromatic rings. The van der Waals surface area contributed by atoms with Gasteiger partial charge in [-0.1, -0.05) is 13.8 Å². The van der Waals surface area contributed by atoms with Crippen LogP contribution in [0.4, 0.5) is 0 Å². The molecule has 1 unspecified atom stereocenters. The van der Waals surface area contributed by atoms with E-state index in [0.29, 0.717) is 6.04 Å². The van der Waals surface area contributed by atoms with Gasteiger partial charge in [0.1, 0.15) is 11.5 Å². The summed E-state index contributed by atoms with van der Waals surface area (Å²) < 4.78 is 5.57. The second-order valence-corrected chi connectivity index (χ2v) is 4.92. The summed E-state index contributed by atoms with van der Waals surface area (Å²) in [6.07, 6.45) is 1.20. The van der Waals surface area contributed by atoms with Gasteiger partial charge in [-0.25, -0.2) is 0 Å². The van der Waals surface area contributed by atoms with Crippen LogP contribution in [-0.4, -0.2) is 31.1 Å². The Morgan fingerprint density at radius 2 is 1.94 bits per heavy atom. The van der Waals surface area contributed by atoms with Crippen molar-refractivity contribution in [2.75, 3.05) is 26.2 Å². The van der Waals surface area contributed by atoms with Gasteiger partial charge >= 0.3 is 0 Å². The number of nitrogens with zero attached hydrogens (tertiary/aromatic N) is 1. The van der Waals surface area contributed by atoms with E-state index in [1.165, 1.54) is 18.5 Å². The molecular formula is C15H28N2O. The fraction of sp³-hybridized carbons (Fsp3) is 0.733. The zero-order chi connectivity index (χ0) is 13.5. The molecule has 0 fully saturated rings. The van der Waals surface area contributed by atoms with E-state index < -0.39 is 0 Å². The van der Waals surface area contributed by atoms with Crippen LogP contribution in [0.25, 0.3) is 0 Å². The predicted molar refractivity (Wildman–Crippen MR) is 77.0 cm³/mol. The molecule has 0 saturated carbocycles. The highest BCUT2D eigenvalue weighted by Crippen LogP contribution is 2.20. The predicted octanol–water partition coefficient (Wildman–Crippen LogP) is 3.28. The molecule has 0 radical (unpaired) electrons. The summed E-state index contributed by atoms with van der Waals surface area (Å²) in [6.45, 7) is 15.2. The third-order valence-electron chi connectivity index (χ3n) is 3.54. The van der Waals surface area contributed by atoms with Crippen LogP contribution in [0, 0.1) is 13.8 Å². The molecule has 3 heteroatoms. The van der Waals surface area contributed by atoms with Crippen LogP contribution in [0.1, 0.15) is 50.3 Å². The number of hydrogen-bond acceptors (Lipinski definition) is 3. The van der Waals surface area contributed by atoms with Crippen LogP contribution in [0.5, 0.6) is 0 Å². The zero-order valence-electron chi connectivity index (χ0n) is 12.5. The molecule has 1 N–H and O–H groups in total. The van der Waals surface area contributed by atoms with Gasteiger partial charge in [0, 0.05) is 11.6 Å². The van der Waals surface area contributed by atoms with Gasteiger partial charge in [-0.2, -0.15) is 0 Å². The summed E-state index contributed by atoms with van der Waals surface area (Å²) in [7, 11) is 0. The van der Waals surface area contributed by atoms with Gasteiger partial charge in [-0.3, -0.25) is 0 Å². The van der Waals surface area contributed by atoms with E-state index in [2.05, 4.69) is 37.1 Å². The van der Waals surface area contributed by atoms with Crippen molar-refractivity contribution >= 4 is 0 Å². The molecular weight excluding hydrogens is 224 g/mol. The van der Waals surface area contributed by atoms with Crippen molar-refractivity contribution in [2.45, 2.75) is 47.1 Å². The minimum Gasteiger partial charge on any atom is -0.466 e. The molecule has 1 atom stereocenters. The lowest BCUT2D eigenvalue weighted by Crippen LogP contribution is -2.28. The Labute approximate surface area is 112 Å².